The molecule has 0 spiro atoms. The predicted molar refractivity (Wildman–Crippen MR) is 109 cm³/mol. The van der Waals surface area contributed by atoms with E-state index in [-0.39, 0.29) is 5.91 Å². The molecule has 1 aromatic heterocycles. The third kappa shape index (κ3) is 4.78. The van der Waals surface area contributed by atoms with Crippen molar-refractivity contribution < 1.29 is 4.79 Å². The Balaban J connectivity index is 1.71. The number of carbonyl (C=O) groups is 1. The largest absolute Gasteiger partial charge is 0.336 e. The number of benzene rings is 1. The summed E-state index contributed by atoms with van der Waals surface area (Å²) in [6.07, 6.45) is 5.65. The van der Waals surface area contributed by atoms with Crippen molar-refractivity contribution in [1.82, 2.24) is 19.6 Å². The molecule has 1 heterocycles. The molecule has 27 heavy (non-hydrogen) atoms. The predicted octanol–water partition coefficient (Wildman–Crippen LogP) is 3.14. The van der Waals surface area contributed by atoms with Gasteiger partial charge in [-0.05, 0) is 64.2 Å². The number of nitrogens with zero attached hydrogens (tertiary/aromatic N) is 4. The zero-order chi connectivity index (χ0) is 19.4. The van der Waals surface area contributed by atoms with E-state index in [4.69, 9.17) is 0 Å². The van der Waals surface area contributed by atoms with E-state index in [9.17, 15) is 4.79 Å². The number of rotatable bonds is 7. The van der Waals surface area contributed by atoms with Crippen LogP contribution in [0.25, 0.3) is 0 Å². The van der Waals surface area contributed by atoms with E-state index in [2.05, 4.69) is 36.2 Å². The lowest BCUT2D eigenvalue weighted by molar-refractivity contribution is 0.0777. The molecule has 1 aliphatic rings. The number of aryl methyl sites for hydroxylation is 1. The fourth-order valence-corrected chi connectivity index (χ4v) is 4.09. The van der Waals surface area contributed by atoms with Gasteiger partial charge in [0.2, 0.25) is 0 Å². The summed E-state index contributed by atoms with van der Waals surface area (Å²) in [6.45, 7) is 1.74. The van der Waals surface area contributed by atoms with Gasteiger partial charge in [0.25, 0.3) is 5.91 Å². The minimum absolute atomic E-state index is 0.0321. The summed E-state index contributed by atoms with van der Waals surface area (Å²) >= 11 is 0. The van der Waals surface area contributed by atoms with Gasteiger partial charge in [0.05, 0.1) is 0 Å². The standard InChI is InChI=1S/C22H32N4O/c1-24(2)14-8-11-17-12-13-20-19(15-17)21(23-26(20)4)22(27)25(3)16-18-9-6-5-7-10-18/h5-7,9-10,17H,8,11-16H2,1-4H3. The van der Waals surface area contributed by atoms with Gasteiger partial charge in [0, 0.05) is 31.9 Å². The van der Waals surface area contributed by atoms with Gasteiger partial charge in [-0.25, -0.2) is 0 Å². The molecule has 1 atom stereocenters. The van der Waals surface area contributed by atoms with Crippen LogP contribution in [0.5, 0.6) is 0 Å². The van der Waals surface area contributed by atoms with Gasteiger partial charge in [0.1, 0.15) is 0 Å². The van der Waals surface area contributed by atoms with E-state index in [1.54, 1.807) is 4.90 Å². The van der Waals surface area contributed by atoms with E-state index in [0.29, 0.717) is 18.2 Å². The fraction of sp³-hybridized carbons (Fsp3) is 0.545. The molecule has 1 amide bonds. The first-order valence-corrected chi connectivity index (χ1v) is 9.94. The number of hydrogen-bond acceptors (Lipinski definition) is 3. The topological polar surface area (TPSA) is 41.4 Å². The van der Waals surface area contributed by atoms with Crippen LogP contribution in [0.3, 0.4) is 0 Å². The first kappa shape index (κ1) is 19.6. The quantitative estimate of drug-likeness (QED) is 0.754. The van der Waals surface area contributed by atoms with Gasteiger partial charge in [-0.1, -0.05) is 30.3 Å². The third-order valence-corrected chi connectivity index (χ3v) is 5.59. The zero-order valence-electron chi connectivity index (χ0n) is 17.1. The van der Waals surface area contributed by atoms with Crippen molar-refractivity contribution in [2.24, 2.45) is 13.0 Å². The van der Waals surface area contributed by atoms with Crippen molar-refractivity contribution in [3.63, 3.8) is 0 Å². The SMILES string of the molecule is CN(C)CCCC1CCc2c(c(C(=O)N(C)Cc3ccccc3)nn2C)C1. The van der Waals surface area contributed by atoms with Crippen LogP contribution in [-0.4, -0.2) is 53.2 Å². The normalized spacial score (nSPS) is 16.4. The first-order valence-electron chi connectivity index (χ1n) is 9.94. The summed E-state index contributed by atoms with van der Waals surface area (Å²) in [5.74, 6) is 0.692. The second-order valence-corrected chi connectivity index (χ2v) is 8.10. The summed E-state index contributed by atoms with van der Waals surface area (Å²) in [5.41, 5.74) is 4.22. The van der Waals surface area contributed by atoms with Gasteiger partial charge in [0.15, 0.2) is 5.69 Å². The Morgan fingerprint density at radius 2 is 1.96 bits per heavy atom. The highest BCUT2D eigenvalue weighted by molar-refractivity contribution is 5.94. The van der Waals surface area contributed by atoms with Crippen molar-refractivity contribution in [1.29, 1.82) is 0 Å². The summed E-state index contributed by atoms with van der Waals surface area (Å²) in [4.78, 5) is 17.1. The second-order valence-electron chi connectivity index (χ2n) is 8.10. The molecule has 1 aliphatic carbocycles. The Kier molecular flexibility index (Phi) is 6.32. The maximum atomic E-state index is 13.1. The highest BCUT2D eigenvalue weighted by Crippen LogP contribution is 2.31. The average Bonchev–Trinajstić information content (AvgIpc) is 2.98. The Labute approximate surface area is 163 Å². The third-order valence-electron chi connectivity index (χ3n) is 5.59. The smallest absolute Gasteiger partial charge is 0.274 e. The van der Waals surface area contributed by atoms with Gasteiger partial charge < -0.3 is 9.80 Å². The lowest BCUT2D eigenvalue weighted by Crippen LogP contribution is -2.28. The highest BCUT2D eigenvalue weighted by Gasteiger charge is 2.29. The second kappa shape index (κ2) is 8.70. The lowest BCUT2D eigenvalue weighted by Gasteiger charge is -2.24. The van der Waals surface area contributed by atoms with Gasteiger partial charge in [-0.15, -0.1) is 0 Å². The van der Waals surface area contributed by atoms with Crippen molar-refractivity contribution in [3.8, 4) is 0 Å². The van der Waals surface area contributed by atoms with Crippen LogP contribution in [0, 0.1) is 5.92 Å². The van der Waals surface area contributed by atoms with Gasteiger partial charge in [-0.2, -0.15) is 5.10 Å². The number of amides is 1. The van der Waals surface area contributed by atoms with Crippen LogP contribution in [0.15, 0.2) is 30.3 Å². The fourth-order valence-electron chi connectivity index (χ4n) is 4.09. The number of hydrogen-bond donors (Lipinski definition) is 0. The van der Waals surface area contributed by atoms with E-state index >= 15 is 0 Å². The van der Waals surface area contributed by atoms with Gasteiger partial charge >= 0.3 is 0 Å². The van der Waals surface area contributed by atoms with Crippen molar-refractivity contribution in [3.05, 3.63) is 52.8 Å². The molecule has 0 bridgehead atoms. The Morgan fingerprint density at radius 3 is 2.67 bits per heavy atom. The molecule has 1 unspecified atom stereocenters. The zero-order valence-corrected chi connectivity index (χ0v) is 17.1. The molecule has 0 aliphatic heterocycles. The van der Waals surface area contributed by atoms with Crippen LogP contribution in [0.1, 0.15) is 46.6 Å². The van der Waals surface area contributed by atoms with Crippen molar-refractivity contribution in [2.75, 3.05) is 27.7 Å². The van der Waals surface area contributed by atoms with Crippen LogP contribution >= 0.6 is 0 Å². The molecule has 5 nitrogen and oxygen atoms in total. The van der Waals surface area contributed by atoms with Crippen molar-refractivity contribution >= 4 is 5.91 Å². The lowest BCUT2D eigenvalue weighted by atomic mass is 9.83. The Bertz CT molecular complexity index is 766. The molecule has 5 heteroatoms. The average molecular weight is 369 g/mol. The molecule has 2 aromatic rings. The van der Waals surface area contributed by atoms with Crippen molar-refractivity contribution in [2.45, 2.75) is 38.6 Å². The Hall–Kier alpha value is -2.14. The first-order chi connectivity index (χ1) is 13.0. The van der Waals surface area contributed by atoms with Gasteiger partial charge in [-0.3, -0.25) is 9.48 Å². The molecule has 1 aromatic carbocycles. The molecule has 3 rings (SSSR count). The highest BCUT2D eigenvalue weighted by atomic mass is 16.2. The molecule has 146 valence electrons. The minimum atomic E-state index is 0.0321. The molecular formula is C22H32N4O. The molecular weight excluding hydrogens is 336 g/mol. The monoisotopic (exact) mass is 368 g/mol. The minimum Gasteiger partial charge on any atom is -0.336 e. The molecule has 0 N–H and O–H groups in total. The maximum Gasteiger partial charge on any atom is 0.274 e. The summed E-state index contributed by atoms with van der Waals surface area (Å²) < 4.78 is 1.93. The van der Waals surface area contributed by atoms with Crippen LogP contribution < -0.4 is 0 Å². The molecule has 0 fully saturated rings. The van der Waals surface area contributed by atoms with Crippen LogP contribution in [0.2, 0.25) is 0 Å². The Morgan fingerprint density at radius 1 is 1.22 bits per heavy atom. The summed E-state index contributed by atoms with van der Waals surface area (Å²) in [5, 5.41) is 4.62. The van der Waals surface area contributed by atoms with E-state index in [1.807, 2.05) is 37.0 Å². The van der Waals surface area contributed by atoms with E-state index in [1.165, 1.54) is 30.5 Å². The molecule has 0 saturated carbocycles. The molecule has 0 radical (unpaired) electrons. The summed E-state index contributed by atoms with van der Waals surface area (Å²) in [7, 11) is 8.09. The molecule has 0 saturated heterocycles. The van der Waals surface area contributed by atoms with Crippen LogP contribution in [0.4, 0.5) is 0 Å². The maximum absolute atomic E-state index is 13.1. The summed E-state index contributed by atoms with van der Waals surface area (Å²) in [6, 6.07) is 10.1. The number of aromatic nitrogens is 2. The number of carbonyl (C=O) groups excluding carboxylic acids is 1. The van der Waals surface area contributed by atoms with Crippen LogP contribution in [-0.2, 0) is 26.4 Å². The van der Waals surface area contributed by atoms with E-state index in [0.717, 1.165) is 24.9 Å². The number of fused-ring (bicyclic) bond motifs is 1. The van der Waals surface area contributed by atoms with E-state index < -0.39 is 0 Å².